The number of phenolic OH excluding ortho intramolecular Hbond substituents is 1. The van der Waals surface area contributed by atoms with Gasteiger partial charge in [-0.1, -0.05) is 6.07 Å². The number of hydrogen-bond donors (Lipinski definition) is 3. The highest BCUT2D eigenvalue weighted by Gasteiger charge is 2.19. The Balaban J connectivity index is 1.50. The monoisotopic (exact) mass is 482 g/mol. The number of likely N-dealkylation sites (N-methyl/N-ethyl adjacent to an activating group) is 1. The minimum absolute atomic E-state index is 0.0234. The van der Waals surface area contributed by atoms with Crippen LogP contribution in [0.2, 0.25) is 0 Å². The third-order valence-corrected chi connectivity index (χ3v) is 6.15. The van der Waals surface area contributed by atoms with Crippen LogP contribution in [0.15, 0.2) is 48.5 Å². The first-order valence-electron chi connectivity index (χ1n) is 11.2. The van der Waals surface area contributed by atoms with Crippen molar-refractivity contribution in [1.29, 1.82) is 0 Å². The Hall–Kier alpha value is -3.92. The highest BCUT2D eigenvalue weighted by Crippen LogP contribution is 2.35. The molecular formula is C25H28F2N6O2. The zero-order chi connectivity index (χ0) is 25.1. The number of nitrogens with one attached hydrogen (secondary N) is 1. The molecule has 4 rings (SSSR count). The van der Waals surface area contributed by atoms with Crippen molar-refractivity contribution in [2.24, 2.45) is 0 Å². The van der Waals surface area contributed by atoms with E-state index in [1.54, 1.807) is 41.1 Å². The molecule has 8 nitrogen and oxygen atoms in total. The lowest BCUT2D eigenvalue weighted by Crippen LogP contribution is -2.50. The summed E-state index contributed by atoms with van der Waals surface area (Å²) in [5, 5.41) is 13.3. The van der Waals surface area contributed by atoms with E-state index < -0.39 is 11.6 Å². The van der Waals surface area contributed by atoms with Gasteiger partial charge in [0.25, 0.3) is 0 Å². The molecule has 0 aliphatic carbocycles. The Bertz CT molecular complexity index is 1230. The average molecular weight is 483 g/mol. The van der Waals surface area contributed by atoms with Crippen molar-refractivity contribution in [3.05, 3.63) is 65.7 Å². The van der Waals surface area contributed by atoms with Crippen molar-refractivity contribution in [2.75, 3.05) is 50.9 Å². The second-order valence-electron chi connectivity index (χ2n) is 8.55. The van der Waals surface area contributed by atoms with E-state index in [9.17, 15) is 18.7 Å². The molecule has 2 aromatic carbocycles. The molecule has 0 unspecified atom stereocenters. The molecular weight excluding hydrogens is 454 g/mol. The van der Waals surface area contributed by atoms with Crippen LogP contribution in [-0.2, 0) is 6.54 Å². The topological polar surface area (TPSA) is 98.0 Å². The summed E-state index contributed by atoms with van der Waals surface area (Å²) in [6.45, 7) is 3.22. The largest absolute Gasteiger partial charge is 0.507 e. The lowest BCUT2D eigenvalue weighted by atomic mass is 10.1. The van der Waals surface area contributed by atoms with Crippen molar-refractivity contribution >= 4 is 23.2 Å². The van der Waals surface area contributed by atoms with Gasteiger partial charge in [-0.2, -0.15) is 0 Å². The smallest absolute Gasteiger partial charge is 0.317 e. The molecule has 184 valence electrons. The quantitative estimate of drug-likeness (QED) is 0.515. The molecule has 0 spiro atoms. The Morgan fingerprint density at radius 3 is 2.54 bits per heavy atom. The number of carbonyl (C=O) groups is 1. The fourth-order valence-corrected chi connectivity index (χ4v) is 3.93. The second kappa shape index (κ2) is 10.1. The highest BCUT2D eigenvalue weighted by atomic mass is 19.1. The van der Waals surface area contributed by atoms with E-state index in [4.69, 9.17) is 5.73 Å². The van der Waals surface area contributed by atoms with Gasteiger partial charge in [-0.25, -0.2) is 18.6 Å². The summed E-state index contributed by atoms with van der Waals surface area (Å²) < 4.78 is 27.5. The summed E-state index contributed by atoms with van der Waals surface area (Å²) in [5.74, 6) is -1.16. The summed E-state index contributed by atoms with van der Waals surface area (Å²) in [6, 6.07) is 11.4. The number of anilines is 3. The van der Waals surface area contributed by atoms with Crippen LogP contribution < -0.4 is 16.0 Å². The Morgan fingerprint density at radius 2 is 1.86 bits per heavy atom. The molecule has 1 aromatic heterocycles. The van der Waals surface area contributed by atoms with Crippen molar-refractivity contribution in [3.8, 4) is 17.0 Å². The van der Waals surface area contributed by atoms with E-state index >= 15 is 0 Å². The fraction of sp³-hybridized carbons (Fsp3) is 0.280. The van der Waals surface area contributed by atoms with Gasteiger partial charge in [-0.15, -0.1) is 0 Å². The van der Waals surface area contributed by atoms with E-state index in [1.165, 1.54) is 18.2 Å². The van der Waals surface area contributed by atoms with E-state index in [0.717, 1.165) is 19.2 Å². The number of aromatic nitrogens is 1. The molecule has 1 fully saturated rings. The van der Waals surface area contributed by atoms with Gasteiger partial charge in [-0.05, 0) is 43.4 Å². The number of benzene rings is 2. The van der Waals surface area contributed by atoms with Gasteiger partial charge in [0.15, 0.2) is 0 Å². The standard InChI is InChI=1S/C25H28F2N6O2/c1-31-9-11-33(12-10-31)25(35)29-15-16-3-6-21(30-24(16)28)19-14-18(5-8-23(19)34)32(2)22-7-4-17(26)13-20(22)27/h3-8,13-14,34H,9-12,15H2,1-2H3,(H2,28,30)(H,29,35). The number of rotatable bonds is 5. The zero-order valence-electron chi connectivity index (χ0n) is 19.6. The third-order valence-electron chi connectivity index (χ3n) is 6.15. The van der Waals surface area contributed by atoms with Crippen LogP contribution in [0.3, 0.4) is 0 Å². The van der Waals surface area contributed by atoms with Crippen LogP contribution in [-0.4, -0.2) is 66.2 Å². The second-order valence-corrected chi connectivity index (χ2v) is 8.55. The van der Waals surface area contributed by atoms with Gasteiger partial charge >= 0.3 is 6.03 Å². The predicted molar refractivity (Wildman–Crippen MR) is 131 cm³/mol. The molecule has 2 heterocycles. The van der Waals surface area contributed by atoms with Crippen molar-refractivity contribution < 1.29 is 18.7 Å². The van der Waals surface area contributed by atoms with Crippen LogP contribution in [0, 0.1) is 11.6 Å². The molecule has 2 amide bonds. The molecule has 10 heteroatoms. The molecule has 0 atom stereocenters. The van der Waals surface area contributed by atoms with Crippen LogP contribution in [0.5, 0.6) is 5.75 Å². The summed E-state index contributed by atoms with van der Waals surface area (Å²) in [5.41, 5.74) is 8.37. The minimum Gasteiger partial charge on any atom is -0.507 e. The number of nitrogen functional groups attached to an aromatic ring is 1. The first kappa shape index (κ1) is 24.2. The highest BCUT2D eigenvalue weighted by molar-refractivity contribution is 5.76. The minimum atomic E-state index is -0.701. The number of urea groups is 1. The molecule has 35 heavy (non-hydrogen) atoms. The van der Waals surface area contributed by atoms with Crippen molar-refractivity contribution in [2.45, 2.75) is 6.54 Å². The number of carbonyl (C=O) groups excluding carboxylic acids is 1. The van der Waals surface area contributed by atoms with E-state index in [0.29, 0.717) is 35.6 Å². The lowest BCUT2D eigenvalue weighted by molar-refractivity contribution is 0.154. The number of amides is 2. The van der Waals surface area contributed by atoms with Crippen LogP contribution in [0.4, 0.5) is 30.8 Å². The molecule has 4 N–H and O–H groups in total. The van der Waals surface area contributed by atoms with E-state index in [2.05, 4.69) is 15.2 Å². The number of pyridine rings is 1. The van der Waals surface area contributed by atoms with E-state index in [1.807, 2.05) is 7.05 Å². The molecule has 0 radical (unpaired) electrons. The fourth-order valence-electron chi connectivity index (χ4n) is 3.93. The molecule has 0 bridgehead atoms. The zero-order valence-corrected chi connectivity index (χ0v) is 19.6. The maximum Gasteiger partial charge on any atom is 0.317 e. The Labute approximate surface area is 202 Å². The number of nitrogens with zero attached hydrogens (tertiary/aromatic N) is 4. The molecule has 3 aromatic rings. The Kier molecular flexibility index (Phi) is 7.02. The van der Waals surface area contributed by atoms with Crippen LogP contribution in [0.25, 0.3) is 11.3 Å². The van der Waals surface area contributed by atoms with Gasteiger partial charge < -0.3 is 30.9 Å². The summed E-state index contributed by atoms with van der Waals surface area (Å²) in [4.78, 5) is 22.3. The van der Waals surface area contributed by atoms with Crippen molar-refractivity contribution in [1.82, 2.24) is 20.1 Å². The third kappa shape index (κ3) is 5.43. The maximum absolute atomic E-state index is 14.3. The number of piperazine rings is 1. The maximum atomic E-state index is 14.3. The lowest BCUT2D eigenvalue weighted by Gasteiger charge is -2.32. The molecule has 1 aliphatic heterocycles. The number of aromatic hydroxyl groups is 1. The first-order valence-corrected chi connectivity index (χ1v) is 11.2. The van der Waals surface area contributed by atoms with Gasteiger partial charge in [0.2, 0.25) is 0 Å². The van der Waals surface area contributed by atoms with Gasteiger partial charge in [-0.3, -0.25) is 0 Å². The van der Waals surface area contributed by atoms with Crippen LogP contribution >= 0.6 is 0 Å². The molecule has 1 aliphatic rings. The number of hydrogen-bond acceptors (Lipinski definition) is 6. The summed E-state index contributed by atoms with van der Waals surface area (Å²) in [7, 11) is 3.66. The average Bonchev–Trinajstić information content (AvgIpc) is 2.83. The van der Waals surface area contributed by atoms with Gasteiger partial charge in [0.1, 0.15) is 23.2 Å². The molecule has 0 saturated carbocycles. The van der Waals surface area contributed by atoms with Crippen LogP contribution in [0.1, 0.15) is 5.56 Å². The SMILES string of the molecule is CN1CCN(C(=O)NCc2ccc(-c3cc(N(C)c4ccc(F)cc4F)ccc3O)nc2N)CC1. The summed E-state index contributed by atoms with van der Waals surface area (Å²) >= 11 is 0. The summed E-state index contributed by atoms with van der Waals surface area (Å²) in [6.07, 6.45) is 0. The van der Waals surface area contributed by atoms with Crippen molar-refractivity contribution in [3.63, 3.8) is 0 Å². The van der Waals surface area contributed by atoms with Gasteiger partial charge in [0, 0.05) is 62.7 Å². The first-order chi connectivity index (χ1) is 16.7. The number of phenols is 1. The molecule has 1 saturated heterocycles. The van der Waals surface area contributed by atoms with E-state index in [-0.39, 0.29) is 29.8 Å². The number of halogens is 2. The Morgan fingerprint density at radius 1 is 1.11 bits per heavy atom. The normalized spacial score (nSPS) is 14.1. The van der Waals surface area contributed by atoms with Gasteiger partial charge in [0.05, 0.1) is 11.4 Å². The number of nitrogens with two attached hydrogens (primary N) is 1. The predicted octanol–water partition coefficient (Wildman–Crippen LogP) is 3.54.